The molecule has 0 spiro atoms. The molecule has 0 radical (unpaired) electrons. The molecule has 0 unspecified atom stereocenters. The quantitative estimate of drug-likeness (QED) is 0.627. The van der Waals surface area contributed by atoms with Crippen LogP contribution < -0.4 is 5.32 Å². The predicted molar refractivity (Wildman–Crippen MR) is 80.3 cm³/mol. The van der Waals surface area contributed by atoms with Gasteiger partial charge < -0.3 is 5.32 Å². The summed E-state index contributed by atoms with van der Waals surface area (Å²) in [4.78, 5) is 10.6. The third kappa shape index (κ3) is 3.24. The number of nitrogens with zero attached hydrogens (tertiary/aromatic N) is 1. The molecule has 0 atom stereocenters. The SMILES string of the molecule is Cc1ccc(Cl)c(Nc2ccc(Br)cc2[N+](=O)[O-])c1. The number of hydrogen-bond donors (Lipinski definition) is 1. The fraction of sp³-hybridized carbons (Fsp3) is 0.0769. The maximum Gasteiger partial charge on any atom is 0.293 e. The van der Waals surface area contributed by atoms with Gasteiger partial charge in [-0.3, -0.25) is 10.1 Å². The molecule has 19 heavy (non-hydrogen) atoms. The molecular formula is C13H10BrClN2O2. The number of halogens is 2. The average Bonchev–Trinajstić information content (AvgIpc) is 2.35. The molecule has 0 fully saturated rings. The molecule has 2 rings (SSSR count). The summed E-state index contributed by atoms with van der Waals surface area (Å²) in [5, 5.41) is 14.5. The minimum absolute atomic E-state index is 0.00746. The van der Waals surface area contributed by atoms with Gasteiger partial charge in [0.2, 0.25) is 0 Å². The Kier molecular flexibility index (Phi) is 4.07. The van der Waals surface area contributed by atoms with E-state index in [0.717, 1.165) is 5.56 Å². The van der Waals surface area contributed by atoms with E-state index < -0.39 is 4.92 Å². The van der Waals surface area contributed by atoms with Gasteiger partial charge in [-0.15, -0.1) is 0 Å². The first kappa shape index (κ1) is 13.8. The lowest BCUT2D eigenvalue weighted by atomic mass is 10.2. The summed E-state index contributed by atoms with van der Waals surface area (Å²) in [6.45, 7) is 1.93. The van der Waals surface area contributed by atoms with Crippen molar-refractivity contribution in [1.82, 2.24) is 0 Å². The first-order chi connectivity index (χ1) is 8.97. The number of aryl methyl sites for hydroxylation is 1. The van der Waals surface area contributed by atoms with Crippen molar-refractivity contribution in [1.29, 1.82) is 0 Å². The maximum absolute atomic E-state index is 11.0. The van der Waals surface area contributed by atoms with Crippen LogP contribution in [0.3, 0.4) is 0 Å². The van der Waals surface area contributed by atoms with E-state index in [9.17, 15) is 10.1 Å². The number of nitrogens with one attached hydrogen (secondary N) is 1. The van der Waals surface area contributed by atoms with Crippen LogP contribution in [0.4, 0.5) is 17.1 Å². The first-order valence-electron chi connectivity index (χ1n) is 5.44. The number of nitro groups is 1. The number of anilines is 2. The lowest BCUT2D eigenvalue weighted by molar-refractivity contribution is -0.384. The second-order valence-corrected chi connectivity index (χ2v) is 5.35. The molecule has 6 heteroatoms. The topological polar surface area (TPSA) is 55.2 Å². The Morgan fingerprint density at radius 2 is 1.95 bits per heavy atom. The Labute approximate surface area is 123 Å². The van der Waals surface area contributed by atoms with Crippen molar-refractivity contribution in [3.63, 3.8) is 0 Å². The summed E-state index contributed by atoms with van der Waals surface area (Å²) >= 11 is 9.29. The molecule has 1 N–H and O–H groups in total. The molecule has 0 aromatic heterocycles. The number of hydrogen-bond acceptors (Lipinski definition) is 3. The van der Waals surface area contributed by atoms with Crippen LogP contribution >= 0.6 is 27.5 Å². The van der Waals surface area contributed by atoms with Crippen molar-refractivity contribution in [3.8, 4) is 0 Å². The fourth-order valence-electron chi connectivity index (χ4n) is 1.64. The minimum Gasteiger partial charge on any atom is -0.349 e. The van der Waals surface area contributed by atoms with Gasteiger partial charge >= 0.3 is 0 Å². The van der Waals surface area contributed by atoms with Gasteiger partial charge in [-0.2, -0.15) is 0 Å². The highest BCUT2D eigenvalue weighted by atomic mass is 79.9. The van der Waals surface area contributed by atoms with E-state index in [-0.39, 0.29) is 5.69 Å². The van der Waals surface area contributed by atoms with E-state index in [1.165, 1.54) is 6.07 Å². The van der Waals surface area contributed by atoms with Crippen molar-refractivity contribution in [2.24, 2.45) is 0 Å². The van der Waals surface area contributed by atoms with Crippen LogP contribution in [0.2, 0.25) is 5.02 Å². The van der Waals surface area contributed by atoms with Crippen LogP contribution in [0.5, 0.6) is 0 Å². The molecule has 0 saturated heterocycles. The van der Waals surface area contributed by atoms with Crippen LogP contribution in [-0.2, 0) is 0 Å². The monoisotopic (exact) mass is 340 g/mol. The van der Waals surface area contributed by atoms with Crippen molar-refractivity contribution in [2.45, 2.75) is 6.92 Å². The summed E-state index contributed by atoms with van der Waals surface area (Å²) in [6.07, 6.45) is 0. The van der Waals surface area contributed by atoms with Crippen molar-refractivity contribution in [3.05, 3.63) is 61.6 Å². The van der Waals surface area contributed by atoms with Gasteiger partial charge in [-0.25, -0.2) is 0 Å². The lowest BCUT2D eigenvalue weighted by Gasteiger charge is -2.10. The van der Waals surface area contributed by atoms with Crippen LogP contribution in [0.25, 0.3) is 0 Å². The third-order valence-electron chi connectivity index (χ3n) is 2.55. The summed E-state index contributed by atoms with van der Waals surface area (Å²) < 4.78 is 0.653. The zero-order valence-electron chi connectivity index (χ0n) is 9.98. The van der Waals surface area contributed by atoms with Gasteiger partial charge in [0.05, 0.1) is 15.6 Å². The molecule has 0 aliphatic rings. The molecule has 0 aliphatic heterocycles. The van der Waals surface area contributed by atoms with Gasteiger partial charge in [0.1, 0.15) is 5.69 Å². The molecule has 0 amide bonds. The second kappa shape index (κ2) is 5.59. The lowest BCUT2D eigenvalue weighted by Crippen LogP contribution is -1.97. The molecule has 0 aliphatic carbocycles. The third-order valence-corrected chi connectivity index (χ3v) is 3.37. The Morgan fingerprint density at radius 3 is 2.63 bits per heavy atom. The normalized spacial score (nSPS) is 10.3. The highest BCUT2D eigenvalue weighted by molar-refractivity contribution is 9.10. The number of nitro benzene ring substituents is 1. The highest BCUT2D eigenvalue weighted by Crippen LogP contribution is 2.33. The zero-order valence-corrected chi connectivity index (χ0v) is 12.3. The highest BCUT2D eigenvalue weighted by Gasteiger charge is 2.15. The Hall–Kier alpha value is -1.59. The standard InChI is InChI=1S/C13H10BrClN2O2/c1-8-2-4-10(15)12(6-8)16-11-5-3-9(14)7-13(11)17(18)19/h2-7,16H,1H3. The number of rotatable bonds is 3. The van der Waals surface area contributed by atoms with Gasteiger partial charge in [0, 0.05) is 10.5 Å². The summed E-state index contributed by atoms with van der Waals surface area (Å²) in [6, 6.07) is 10.3. The smallest absolute Gasteiger partial charge is 0.293 e. The molecular weight excluding hydrogens is 332 g/mol. The van der Waals surface area contributed by atoms with Gasteiger partial charge in [-0.1, -0.05) is 33.6 Å². The minimum atomic E-state index is -0.434. The zero-order chi connectivity index (χ0) is 14.0. The number of benzene rings is 2. The van der Waals surface area contributed by atoms with Gasteiger partial charge in [0.15, 0.2) is 0 Å². The Bertz CT molecular complexity index is 647. The Morgan fingerprint density at radius 1 is 1.21 bits per heavy atom. The van der Waals surface area contributed by atoms with Crippen molar-refractivity contribution in [2.75, 3.05) is 5.32 Å². The molecule has 0 saturated carbocycles. The van der Waals surface area contributed by atoms with Crippen LogP contribution in [-0.4, -0.2) is 4.92 Å². The maximum atomic E-state index is 11.0. The van der Waals surface area contributed by atoms with Crippen LogP contribution in [0.15, 0.2) is 40.9 Å². The van der Waals surface area contributed by atoms with E-state index in [1.807, 2.05) is 19.1 Å². The summed E-state index contributed by atoms with van der Waals surface area (Å²) in [5.74, 6) is 0. The Balaban J connectivity index is 2.43. The van der Waals surface area contributed by atoms with E-state index in [4.69, 9.17) is 11.6 Å². The second-order valence-electron chi connectivity index (χ2n) is 4.03. The fourth-order valence-corrected chi connectivity index (χ4v) is 2.16. The molecule has 2 aromatic rings. The van der Waals surface area contributed by atoms with E-state index in [2.05, 4.69) is 21.2 Å². The van der Waals surface area contributed by atoms with Crippen molar-refractivity contribution >= 4 is 44.6 Å². The van der Waals surface area contributed by atoms with E-state index in [0.29, 0.717) is 20.9 Å². The molecule has 2 aromatic carbocycles. The average molecular weight is 342 g/mol. The summed E-state index contributed by atoms with van der Waals surface area (Å²) in [7, 11) is 0. The van der Waals surface area contributed by atoms with Crippen LogP contribution in [0, 0.1) is 17.0 Å². The summed E-state index contributed by atoms with van der Waals surface area (Å²) in [5.41, 5.74) is 2.06. The molecule has 0 bridgehead atoms. The van der Waals surface area contributed by atoms with E-state index >= 15 is 0 Å². The largest absolute Gasteiger partial charge is 0.349 e. The molecule has 0 heterocycles. The van der Waals surface area contributed by atoms with E-state index in [1.54, 1.807) is 18.2 Å². The van der Waals surface area contributed by atoms with Gasteiger partial charge in [0.25, 0.3) is 5.69 Å². The predicted octanol–water partition coefficient (Wildman–Crippen LogP) is 5.06. The van der Waals surface area contributed by atoms with Crippen molar-refractivity contribution < 1.29 is 4.92 Å². The van der Waals surface area contributed by atoms with Crippen LogP contribution in [0.1, 0.15) is 5.56 Å². The van der Waals surface area contributed by atoms with Gasteiger partial charge in [-0.05, 0) is 36.8 Å². The molecule has 4 nitrogen and oxygen atoms in total. The molecule has 98 valence electrons. The first-order valence-corrected chi connectivity index (χ1v) is 6.61.